The molecular weight excluding hydrogens is 298 g/mol. The molecule has 0 saturated heterocycles. The fourth-order valence-electron chi connectivity index (χ4n) is 2.17. The van der Waals surface area contributed by atoms with Gasteiger partial charge in [-0.25, -0.2) is 4.68 Å². The summed E-state index contributed by atoms with van der Waals surface area (Å²) in [4.78, 5) is 16.5. The van der Waals surface area contributed by atoms with Gasteiger partial charge in [0, 0.05) is 13.0 Å². The first-order valence-electron chi connectivity index (χ1n) is 6.96. The fourth-order valence-corrected chi connectivity index (χ4v) is 2.17. The van der Waals surface area contributed by atoms with E-state index in [2.05, 4.69) is 36.0 Å². The molecule has 118 valence electrons. The van der Waals surface area contributed by atoms with Crippen LogP contribution in [0.5, 0.6) is 0 Å². The molecule has 2 heterocycles. The third kappa shape index (κ3) is 3.48. The lowest BCUT2D eigenvalue weighted by Gasteiger charge is -2.16. The lowest BCUT2D eigenvalue weighted by atomic mass is 10.1. The van der Waals surface area contributed by atoms with Crippen molar-refractivity contribution in [2.24, 2.45) is 0 Å². The third-order valence-corrected chi connectivity index (χ3v) is 3.20. The molecule has 10 nitrogen and oxygen atoms in total. The highest BCUT2D eigenvalue weighted by atomic mass is 16.2. The van der Waals surface area contributed by atoms with Crippen molar-refractivity contribution in [1.29, 1.82) is 0 Å². The zero-order chi connectivity index (χ0) is 16.1. The Morgan fingerprint density at radius 3 is 2.83 bits per heavy atom. The molecule has 0 unspecified atom stereocenters. The number of benzene rings is 1. The largest absolute Gasteiger partial charge is 0.367 e. The smallest absolute Gasteiger partial charge is 0.249 e. The fraction of sp³-hybridized carbons (Fsp3) is 0.231. The van der Waals surface area contributed by atoms with Gasteiger partial charge < -0.3 is 11.1 Å². The SMILES string of the molecule is Nc1n[nH]c(CCNC(=O)[C@H](c2ccccc2)n2cnnn2)n1. The summed E-state index contributed by atoms with van der Waals surface area (Å²) in [6.07, 6.45) is 1.90. The molecule has 1 atom stereocenters. The van der Waals surface area contributed by atoms with Crippen LogP contribution < -0.4 is 11.1 Å². The number of nitrogens with zero attached hydrogens (tertiary/aromatic N) is 6. The number of carbonyl (C=O) groups is 1. The van der Waals surface area contributed by atoms with E-state index in [0.29, 0.717) is 18.8 Å². The number of hydrogen-bond donors (Lipinski definition) is 3. The molecule has 3 aromatic rings. The Kier molecular flexibility index (Phi) is 4.22. The average Bonchev–Trinajstić information content (AvgIpc) is 3.21. The van der Waals surface area contributed by atoms with Gasteiger partial charge in [-0.2, -0.15) is 4.98 Å². The van der Waals surface area contributed by atoms with Crippen molar-refractivity contribution < 1.29 is 4.79 Å². The summed E-state index contributed by atoms with van der Waals surface area (Å²) in [6.45, 7) is 0.388. The molecule has 10 heteroatoms. The summed E-state index contributed by atoms with van der Waals surface area (Å²) in [7, 11) is 0. The molecular formula is C13H15N9O. The second kappa shape index (κ2) is 6.64. The number of aromatic nitrogens is 7. The van der Waals surface area contributed by atoms with E-state index in [9.17, 15) is 4.79 Å². The number of hydrogen-bond acceptors (Lipinski definition) is 7. The van der Waals surface area contributed by atoms with Crippen molar-refractivity contribution >= 4 is 11.9 Å². The molecule has 0 spiro atoms. The molecule has 23 heavy (non-hydrogen) atoms. The summed E-state index contributed by atoms with van der Waals surface area (Å²) in [6, 6.07) is 8.67. The van der Waals surface area contributed by atoms with Gasteiger partial charge in [-0.1, -0.05) is 30.3 Å². The quantitative estimate of drug-likeness (QED) is 0.547. The number of tetrazole rings is 1. The molecule has 0 aliphatic carbocycles. The summed E-state index contributed by atoms with van der Waals surface area (Å²) in [5.41, 5.74) is 6.23. The van der Waals surface area contributed by atoms with E-state index in [0.717, 1.165) is 5.56 Å². The van der Waals surface area contributed by atoms with Gasteiger partial charge in [0.25, 0.3) is 0 Å². The van der Waals surface area contributed by atoms with E-state index >= 15 is 0 Å². The van der Waals surface area contributed by atoms with Crippen LogP contribution >= 0.6 is 0 Å². The standard InChI is InChI=1S/C13H15N9O/c14-13-17-10(18-19-13)6-7-15-12(23)11(22-8-16-20-21-22)9-4-2-1-3-5-9/h1-5,8,11H,6-7H2,(H,15,23)(H3,14,17,18,19)/t11-/m0/s1. The highest BCUT2D eigenvalue weighted by molar-refractivity contribution is 5.83. The predicted molar refractivity (Wildman–Crippen MR) is 79.9 cm³/mol. The summed E-state index contributed by atoms with van der Waals surface area (Å²) >= 11 is 0. The van der Waals surface area contributed by atoms with Crippen LogP contribution in [0.25, 0.3) is 0 Å². The van der Waals surface area contributed by atoms with Gasteiger partial charge in [0.05, 0.1) is 0 Å². The number of amides is 1. The zero-order valence-electron chi connectivity index (χ0n) is 12.1. The Bertz CT molecular complexity index is 753. The van der Waals surface area contributed by atoms with Gasteiger partial charge in [-0.15, -0.1) is 10.2 Å². The summed E-state index contributed by atoms with van der Waals surface area (Å²) in [5, 5.41) is 20.3. The van der Waals surface area contributed by atoms with Crippen LogP contribution in [0.1, 0.15) is 17.4 Å². The lowest BCUT2D eigenvalue weighted by Crippen LogP contribution is -2.35. The number of H-pyrrole nitrogens is 1. The highest BCUT2D eigenvalue weighted by Crippen LogP contribution is 2.16. The molecule has 2 aromatic heterocycles. The van der Waals surface area contributed by atoms with Crippen LogP contribution in [0.15, 0.2) is 36.7 Å². The van der Waals surface area contributed by atoms with Crippen LogP contribution in [-0.2, 0) is 11.2 Å². The van der Waals surface area contributed by atoms with Crippen molar-refractivity contribution in [3.8, 4) is 0 Å². The second-order valence-corrected chi connectivity index (χ2v) is 4.78. The molecule has 0 aliphatic rings. The second-order valence-electron chi connectivity index (χ2n) is 4.78. The highest BCUT2D eigenvalue weighted by Gasteiger charge is 2.23. The van der Waals surface area contributed by atoms with Crippen molar-refractivity contribution in [3.63, 3.8) is 0 Å². The van der Waals surface area contributed by atoms with Gasteiger partial charge in [-0.05, 0) is 16.0 Å². The van der Waals surface area contributed by atoms with Crippen LogP contribution in [0.3, 0.4) is 0 Å². The van der Waals surface area contributed by atoms with Crippen LogP contribution in [0.2, 0.25) is 0 Å². The Labute approximate surface area is 131 Å². The molecule has 0 fully saturated rings. The number of nitrogens with two attached hydrogens (primary N) is 1. The average molecular weight is 313 g/mol. The van der Waals surface area contributed by atoms with E-state index in [1.807, 2.05) is 30.3 Å². The maximum atomic E-state index is 12.5. The normalized spacial score (nSPS) is 12.0. The first kappa shape index (κ1) is 14.6. The molecule has 1 amide bonds. The topological polar surface area (TPSA) is 140 Å². The number of carbonyl (C=O) groups excluding carboxylic acids is 1. The Hall–Kier alpha value is -3.30. The molecule has 0 saturated carbocycles. The van der Waals surface area contributed by atoms with Crippen molar-refractivity contribution in [3.05, 3.63) is 48.0 Å². The Balaban J connectivity index is 1.68. The lowest BCUT2D eigenvalue weighted by molar-refractivity contribution is -0.123. The summed E-state index contributed by atoms with van der Waals surface area (Å²) in [5.74, 6) is 0.583. The molecule has 0 aliphatic heterocycles. The molecule has 1 aromatic carbocycles. The van der Waals surface area contributed by atoms with Crippen molar-refractivity contribution in [2.45, 2.75) is 12.5 Å². The number of nitrogens with one attached hydrogen (secondary N) is 2. The number of rotatable bonds is 6. The predicted octanol–water partition coefficient (Wildman–Crippen LogP) is -0.678. The molecule has 0 radical (unpaired) electrons. The first-order chi connectivity index (χ1) is 11.2. The molecule has 3 rings (SSSR count). The van der Waals surface area contributed by atoms with E-state index in [1.54, 1.807) is 0 Å². The third-order valence-electron chi connectivity index (χ3n) is 3.20. The van der Waals surface area contributed by atoms with Crippen molar-refractivity contribution in [2.75, 3.05) is 12.3 Å². The minimum atomic E-state index is -0.633. The monoisotopic (exact) mass is 313 g/mol. The Morgan fingerprint density at radius 2 is 2.17 bits per heavy atom. The van der Waals surface area contributed by atoms with E-state index < -0.39 is 6.04 Å². The number of anilines is 1. The zero-order valence-corrected chi connectivity index (χ0v) is 12.1. The van der Waals surface area contributed by atoms with Gasteiger partial charge in [0.15, 0.2) is 6.04 Å². The minimum Gasteiger partial charge on any atom is -0.367 e. The molecule has 0 bridgehead atoms. The summed E-state index contributed by atoms with van der Waals surface area (Å²) < 4.78 is 1.41. The van der Waals surface area contributed by atoms with Gasteiger partial charge in [0.2, 0.25) is 11.9 Å². The number of nitrogen functional groups attached to an aromatic ring is 1. The first-order valence-corrected chi connectivity index (χ1v) is 6.96. The van der Waals surface area contributed by atoms with Crippen LogP contribution in [-0.4, -0.2) is 47.8 Å². The van der Waals surface area contributed by atoms with Crippen molar-refractivity contribution in [1.82, 2.24) is 40.7 Å². The van der Waals surface area contributed by atoms with E-state index in [4.69, 9.17) is 5.73 Å². The maximum Gasteiger partial charge on any atom is 0.249 e. The van der Waals surface area contributed by atoms with E-state index in [-0.39, 0.29) is 11.9 Å². The Morgan fingerprint density at radius 1 is 1.35 bits per heavy atom. The van der Waals surface area contributed by atoms with E-state index in [1.165, 1.54) is 11.0 Å². The van der Waals surface area contributed by atoms with Gasteiger partial charge in [-0.3, -0.25) is 9.89 Å². The maximum absolute atomic E-state index is 12.5. The van der Waals surface area contributed by atoms with Gasteiger partial charge >= 0.3 is 0 Å². The number of aromatic amines is 1. The minimum absolute atomic E-state index is 0.183. The van der Waals surface area contributed by atoms with Crippen LogP contribution in [0.4, 0.5) is 5.95 Å². The van der Waals surface area contributed by atoms with Crippen LogP contribution in [0, 0.1) is 0 Å². The van der Waals surface area contributed by atoms with Gasteiger partial charge in [0.1, 0.15) is 12.2 Å². The molecule has 4 N–H and O–H groups in total.